The van der Waals surface area contributed by atoms with E-state index in [-0.39, 0.29) is 11.9 Å². The van der Waals surface area contributed by atoms with E-state index in [0.717, 1.165) is 17.7 Å². The van der Waals surface area contributed by atoms with Crippen LogP contribution in [0.25, 0.3) is 0 Å². The minimum absolute atomic E-state index is 0.0401. The summed E-state index contributed by atoms with van der Waals surface area (Å²) in [5.74, 6) is -0.279. The van der Waals surface area contributed by atoms with Crippen LogP contribution >= 0.6 is 23.2 Å². The first kappa shape index (κ1) is 15.3. The van der Waals surface area contributed by atoms with Crippen molar-refractivity contribution >= 4 is 23.2 Å². The van der Waals surface area contributed by atoms with Crippen molar-refractivity contribution in [3.8, 4) is 0 Å². The first-order chi connectivity index (χ1) is 9.60. The molecule has 4 heteroatoms. The van der Waals surface area contributed by atoms with Gasteiger partial charge in [0, 0.05) is 16.1 Å². The minimum Gasteiger partial charge on any atom is -0.310 e. The molecule has 0 radical (unpaired) electrons. The molecule has 1 N–H and O–H groups in total. The highest BCUT2D eigenvalue weighted by Gasteiger charge is 2.15. The molecule has 0 fully saturated rings. The van der Waals surface area contributed by atoms with Crippen molar-refractivity contribution in [2.24, 2.45) is 0 Å². The van der Waals surface area contributed by atoms with E-state index < -0.39 is 0 Å². The molecule has 1 unspecified atom stereocenters. The molecule has 20 heavy (non-hydrogen) atoms. The Bertz CT molecular complexity index is 586. The Balaban J connectivity index is 2.29. The molecule has 2 aromatic rings. The number of hydrogen-bond acceptors (Lipinski definition) is 1. The topological polar surface area (TPSA) is 12.0 Å². The van der Waals surface area contributed by atoms with E-state index in [2.05, 4.69) is 5.32 Å². The van der Waals surface area contributed by atoms with Crippen molar-refractivity contribution in [3.05, 3.63) is 69.5 Å². The van der Waals surface area contributed by atoms with Gasteiger partial charge in [0.15, 0.2) is 0 Å². The van der Waals surface area contributed by atoms with Crippen LogP contribution in [0, 0.1) is 5.82 Å². The van der Waals surface area contributed by atoms with Gasteiger partial charge in [0.25, 0.3) is 0 Å². The average molecular weight is 312 g/mol. The number of likely N-dealkylation sites (N-methyl/N-ethyl adjacent to an activating group) is 1. The summed E-state index contributed by atoms with van der Waals surface area (Å²) in [6.07, 6.45) is 0.706. The van der Waals surface area contributed by atoms with Gasteiger partial charge in [-0.2, -0.15) is 0 Å². The number of benzene rings is 2. The minimum atomic E-state index is -0.279. The fraction of sp³-hybridized carbons (Fsp3) is 0.250. The SMILES string of the molecule is CCNC(Cc1cccc(Cl)c1)c1cc(F)ccc1Cl. The number of rotatable bonds is 5. The summed E-state index contributed by atoms with van der Waals surface area (Å²) in [6.45, 7) is 2.79. The Labute approximate surface area is 128 Å². The highest BCUT2D eigenvalue weighted by Crippen LogP contribution is 2.27. The zero-order valence-corrected chi connectivity index (χ0v) is 12.7. The lowest BCUT2D eigenvalue weighted by atomic mass is 9.98. The van der Waals surface area contributed by atoms with Crippen molar-refractivity contribution < 1.29 is 4.39 Å². The van der Waals surface area contributed by atoms with E-state index >= 15 is 0 Å². The monoisotopic (exact) mass is 311 g/mol. The molecule has 0 aromatic heterocycles. The Morgan fingerprint density at radius 2 is 1.95 bits per heavy atom. The van der Waals surface area contributed by atoms with E-state index in [0.29, 0.717) is 16.5 Å². The molecule has 1 nitrogen and oxygen atoms in total. The molecule has 106 valence electrons. The van der Waals surface area contributed by atoms with E-state index in [1.807, 2.05) is 31.2 Å². The second kappa shape index (κ2) is 7.07. The van der Waals surface area contributed by atoms with Gasteiger partial charge in [-0.3, -0.25) is 0 Å². The van der Waals surface area contributed by atoms with Gasteiger partial charge in [0.1, 0.15) is 5.82 Å². The summed E-state index contributed by atoms with van der Waals surface area (Å²) in [4.78, 5) is 0. The summed E-state index contributed by atoms with van der Waals surface area (Å²) in [7, 11) is 0. The first-order valence-electron chi connectivity index (χ1n) is 6.53. The Hall–Kier alpha value is -1.09. The van der Waals surface area contributed by atoms with Gasteiger partial charge in [-0.1, -0.05) is 42.3 Å². The van der Waals surface area contributed by atoms with Crippen molar-refractivity contribution in [1.82, 2.24) is 5.32 Å². The Morgan fingerprint density at radius 1 is 1.15 bits per heavy atom. The second-order valence-corrected chi connectivity index (χ2v) is 5.45. The zero-order valence-electron chi connectivity index (χ0n) is 11.2. The quantitative estimate of drug-likeness (QED) is 0.817. The molecule has 1 atom stereocenters. The predicted octanol–water partition coefficient (Wildman–Crippen LogP) is 5.03. The van der Waals surface area contributed by atoms with E-state index in [9.17, 15) is 4.39 Å². The third kappa shape index (κ3) is 3.95. The normalized spacial score (nSPS) is 12.4. The third-order valence-corrected chi connectivity index (χ3v) is 3.69. The third-order valence-electron chi connectivity index (χ3n) is 3.11. The fourth-order valence-electron chi connectivity index (χ4n) is 2.22. The molecular weight excluding hydrogens is 296 g/mol. The Morgan fingerprint density at radius 3 is 2.65 bits per heavy atom. The smallest absolute Gasteiger partial charge is 0.123 e. The van der Waals surface area contributed by atoms with Crippen LogP contribution < -0.4 is 5.32 Å². The van der Waals surface area contributed by atoms with Crippen LogP contribution in [-0.4, -0.2) is 6.54 Å². The fourth-order valence-corrected chi connectivity index (χ4v) is 2.68. The lowest BCUT2D eigenvalue weighted by molar-refractivity contribution is 0.543. The van der Waals surface area contributed by atoms with Crippen molar-refractivity contribution in [2.75, 3.05) is 6.54 Å². The van der Waals surface area contributed by atoms with Crippen molar-refractivity contribution in [3.63, 3.8) is 0 Å². The molecule has 0 bridgehead atoms. The van der Waals surface area contributed by atoms with E-state index in [1.165, 1.54) is 12.1 Å². The van der Waals surface area contributed by atoms with Crippen LogP contribution in [0.1, 0.15) is 24.1 Å². The molecule has 0 amide bonds. The highest BCUT2D eigenvalue weighted by molar-refractivity contribution is 6.31. The standard InChI is InChI=1S/C16H16Cl2FN/c1-2-20-16(9-11-4-3-5-12(17)8-11)14-10-13(19)6-7-15(14)18/h3-8,10,16,20H,2,9H2,1H3. The maximum Gasteiger partial charge on any atom is 0.123 e. The second-order valence-electron chi connectivity index (χ2n) is 4.61. The van der Waals surface area contributed by atoms with Gasteiger partial charge in [0.05, 0.1) is 0 Å². The van der Waals surface area contributed by atoms with Crippen molar-refractivity contribution in [2.45, 2.75) is 19.4 Å². The van der Waals surface area contributed by atoms with E-state index in [1.54, 1.807) is 6.07 Å². The zero-order chi connectivity index (χ0) is 14.5. The lowest BCUT2D eigenvalue weighted by Crippen LogP contribution is -2.23. The molecule has 2 rings (SSSR count). The van der Waals surface area contributed by atoms with Gasteiger partial charge in [0.2, 0.25) is 0 Å². The van der Waals surface area contributed by atoms with Gasteiger partial charge in [-0.25, -0.2) is 4.39 Å². The first-order valence-corrected chi connectivity index (χ1v) is 7.28. The largest absolute Gasteiger partial charge is 0.310 e. The highest BCUT2D eigenvalue weighted by atomic mass is 35.5. The molecule has 0 aliphatic carbocycles. The summed E-state index contributed by atoms with van der Waals surface area (Å²) >= 11 is 12.2. The Kier molecular flexibility index (Phi) is 5.41. The van der Waals surface area contributed by atoms with Gasteiger partial charge in [-0.05, 0) is 54.4 Å². The predicted molar refractivity (Wildman–Crippen MR) is 83.0 cm³/mol. The maximum absolute atomic E-state index is 13.4. The number of nitrogens with one attached hydrogen (secondary N) is 1. The maximum atomic E-state index is 13.4. The van der Waals surface area contributed by atoms with Gasteiger partial charge >= 0.3 is 0 Å². The molecule has 0 heterocycles. The summed E-state index contributed by atoms with van der Waals surface area (Å²) < 4.78 is 13.4. The average Bonchev–Trinajstić information content (AvgIpc) is 2.41. The summed E-state index contributed by atoms with van der Waals surface area (Å²) in [5, 5.41) is 4.61. The van der Waals surface area contributed by atoms with Crippen LogP contribution in [0.15, 0.2) is 42.5 Å². The van der Waals surface area contributed by atoms with Crippen LogP contribution in [0.5, 0.6) is 0 Å². The van der Waals surface area contributed by atoms with Crippen LogP contribution in [0.2, 0.25) is 10.0 Å². The van der Waals surface area contributed by atoms with E-state index in [4.69, 9.17) is 23.2 Å². The molecule has 0 saturated carbocycles. The summed E-state index contributed by atoms with van der Waals surface area (Å²) in [6, 6.07) is 12.1. The molecule has 0 saturated heterocycles. The number of hydrogen-bond donors (Lipinski definition) is 1. The van der Waals surface area contributed by atoms with Crippen LogP contribution in [0.4, 0.5) is 4.39 Å². The molecular formula is C16H16Cl2FN. The molecule has 0 aliphatic rings. The van der Waals surface area contributed by atoms with Crippen molar-refractivity contribution in [1.29, 1.82) is 0 Å². The molecule has 2 aromatic carbocycles. The van der Waals surface area contributed by atoms with Gasteiger partial charge in [-0.15, -0.1) is 0 Å². The van der Waals surface area contributed by atoms with Crippen LogP contribution in [0.3, 0.4) is 0 Å². The van der Waals surface area contributed by atoms with Gasteiger partial charge < -0.3 is 5.32 Å². The molecule has 0 aliphatic heterocycles. The lowest BCUT2D eigenvalue weighted by Gasteiger charge is -2.20. The molecule has 0 spiro atoms. The number of halogens is 3. The van der Waals surface area contributed by atoms with Crippen LogP contribution in [-0.2, 0) is 6.42 Å². The summed E-state index contributed by atoms with van der Waals surface area (Å²) in [5.41, 5.74) is 1.86.